The van der Waals surface area contributed by atoms with Crippen LogP contribution in [0.4, 0.5) is 4.39 Å². The topological polar surface area (TPSA) is 21.3 Å². The van der Waals surface area contributed by atoms with Gasteiger partial charge in [0.15, 0.2) is 0 Å². The smallest absolute Gasteiger partial charge is 0.124 e. The highest BCUT2D eigenvalue weighted by Crippen LogP contribution is 2.20. The van der Waals surface area contributed by atoms with Crippen LogP contribution < -0.4 is 10.1 Å². The molecule has 0 aliphatic rings. The molecule has 0 radical (unpaired) electrons. The van der Waals surface area contributed by atoms with Gasteiger partial charge in [-0.1, -0.05) is 60.1 Å². The Labute approximate surface area is 152 Å². The standard InChI is InChI=1S/C21H19ClFNO/c22-21-12-19(23)10-9-18(21)15-25-20-8-4-7-17(11-20)14-24-13-16-5-2-1-3-6-16/h1-12,24H,13-15H2. The lowest BCUT2D eigenvalue weighted by Crippen LogP contribution is -2.12. The van der Waals surface area contributed by atoms with Crippen LogP contribution in [0.1, 0.15) is 16.7 Å². The summed E-state index contributed by atoms with van der Waals surface area (Å²) in [6, 6.07) is 22.5. The van der Waals surface area contributed by atoms with Crippen LogP contribution in [0.3, 0.4) is 0 Å². The molecule has 2 nitrogen and oxygen atoms in total. The molecular formula is C21H19ClFNO. The number of hydrogen-bond acceptors (Lipinski definition) is 2. The summed E-state index contributed by atoms with van der Waals surface area (Å²) in [5, 5.41) is 3.79. The van der Waals surface area contributed by atoms with Crippen LogP contribution in [-0.4, -0.2) is 0 Å². The summed E-state index contributed by atoms with van der Waals surface area (Å²) in [5.74, 6) is 0.416. The second-order valence-corrected chi connectivity index (χ2v) is 6.17. The van der Waals surface area contributed by atoms with Crippen LogP contribution in [0, 0.1) is 5.82 Å². The Hall–Kier alpha value is -2.36. The number of ether oxygens (including phenoxy) is 1. The van der Waals surface area contributed by atoms with Gasteiger partial charge in [-0.15, -0.1) is 0 Å². The molecule has 1 N–H and O–H groups in total. The van der Waals surface area contributed by atoms with Crippen molar-refractivity contribution in [2.45, 2.75) is 19.7 Å². The molecule has 0 amide bonds. The summed E-state index contributed by atoms with van der Waals surface area (Å²) in [6.07, 6.45) is 0. The molecule has 0 spiro atoms. The van der Waals surface area contributed by atoms with E-state index in [2.05, 4.69) is 23.5 Å². The summed E-state index contributed by atoms with van der Waals surface area (Å²) in [4.78, 5) is 0. The van der Waals surface area contributed by atoms with E-state index in [0.29, 0.717) is 11.6 Å². The Bertz CT molecular complexity index is 823. The minimum absolute atomic E-state index is 0.306. The van der Waals surface area contributed by atoms with Gasteiger partial charge in [-0.2, -0.15) is 0 Å². The molecule has 0 bridgehead atoms. The zero-order valence-electron chi connectivity index (χ0n) is 13.7. The number of benzene rings is 3. The molecular weight excluding hydrogens is 337 g/mol. The van der Waals surface area contributed by atoms with Gasteiger partial charge in [-0.05, 0) is 35.4 Å². The van der Waals surface area contributed by atoms with Crippen LogP contribution >= 0.6 is 11.6 Å². The third-order valence-corrected chi connectivity index (χ3v) is 4.16. The van der Waals surface area contributed by atoms with Crippen molar-refractivity contribution in [3.8, 4) is 5.75 Å². The van der Waals surface area contributed by atoms with Crippen LogP contribution in [0.5, 0.6) is 5.75 Å². The lowest BCUT2D eigenvalue weighted by molar-refractivity contribution is 0.306. The molecule has 0 fully saturated rings. The molecule has 25 heavy (non-hydrogen) atoms. The first-order valence-corrected chi connectivity index (χ1v) is 8.49. The monoisotopic (exact) mass is 355 g/mol. The molecule has 3 rings (SSSR count). The van der Waals surface area contributed by atoms with Crippen molar-refractivity contribution in [2.24, 2.45) is 0 Å². The molecule has 0 aliphatic heterocycles. The van der Waals surface area contributed by atoms with Crippen LogP contribution in [0.2, 0.25) is 5.02 Å². The van der Waals surface area contributed by atoms with Crippen molar-refractivity contribution < 1.29 is 9.13 Å². The zero-order chi connectivity index (χ0) is 17.5. The maximum absolute atomic E-state index is 13.1. The fourth-order valence-electron chi connectivity index (χ4n) is 2.49. The molecule has 0 heterocycles. The summed E-state index contributed by atoms with van der Waals surface area (Å²) in [7, 11) is 0. The third-order valence-electron chi connectivity index (χ3n) is 3.81. The molecule has 3 aromatic carbocycles. The minimum atomic E-state index is -0.347. The zero-order valence-corrected chi connectivity index (χ0v) is 14.5. The van der Waals surface area contributed by atoms with Crippen molar-refractivity contribution in [3.05, 3.63) is 100 Å². The van der Waals surface area contributed by atoms with E-state index in [9.17, 15) is 4.39 Å². The fourth-order valence-corrected chi connectivity index (χ4v) is 2.71. The minimum Gasteiger partial charge on any atom is -0.489 e. The van der Waals surface area contributed by atoms with Crippen molar-refractivity contribution >= 4 is 11.6 Å². The van der Waals surface area contributed by atoms with Gasteiger partial charge in [0.05, 0.1) is 5.02 Å². The summed E-state index contributed by atoms with van der Waals surface area (Å²) >= 11 is 6.02. The molecule has 128 valence electrons. The lowest BCUT2D eigenvalue weighted by atomic mass is 10.2. The van der Waals surface area contributed by atoms with E-state index in [0.717, 1.165) is 30.0 Å². The van der Waals surface area contributed by atoms with Gasteiger partial charge in [-0.3, -0.25) is 0 Å². The largest absolute Gasteiger partial charge is 0.489 e. The van der Waals surface area contributed by atoms with E-state index < -0.39 is 0 Å². The SMILES string of the molecule is Fc1ccc(COc2cccc(CNCc3ccccc3)c2)c(Cl)c1. The second kappa shape index (κ2) is 8.65. The van der Waals surface area contributed by atoms with Gasteiger partial charge in [0, 0.05) is 18.7 Å². The highest BCUT2D eigenvalue weighted by Gasteiger charge is 2.04. The first-order chi connectivity index (χ1) is 12.2. The average molecular weight is 356 g/mol. The maximum atomic E-state index is 13.1. The Morgan fingerprint density at radius 3 is 2.40 bits per heavy atom. The van der Waals surface area contributed by atoms with Crippen molar-refractivity contribution in [3.63, 3.8) is 0 Å². The van der Waals surface area contributed by atoms with Crippen LogP contribution in [-0.2, 0) is 19.7 Å². The van der Waals surface area contributed by atoms with E-state index in [4.69, 9.17) is 16.3 Å². The highest BCUT2D eigenvalue weighted by atomic mass is 35.5. The molecule has 4 heteroatoms. The Balaban J connectivity index is 1.54. The van der Waals surface area contributed by atoms with Crippen molar-refractivity contribution in [2.75, 3.05) is 0 Å². The maximum Gasteiger partial charge on any atom is 0.124 e. The molecule has 3 aromatic rings. The predicted octanol–water partition coefficient (Wildman–Crippen LogP) is 5.35. The van der Waals surface area contributed by atoms with Gasteiger partial charge >= 0.3 is 0 Å². The Morgan fingerprint density at radius 1 is 0.840 bits per heavy atom. The Morgan fingerprint density at radius 2 is 1.60 bits per heavy atom. The van der Waals surface area contributed by atoms with E-state index in [-0.39, 0.29) is 5.82 Å². The molecule has 0 saturated carbocycles. The van der Waals surface area contributed by atoms with Crippen LogP contribution in [0.25, 0.3) is 0 Å². The molecule has 0 saturated heterocycles. The molecule has 0 unspecified atom stereocenters. The first kappa shape index (κ1) is 17.5. The van der Waals surface area contributed by atoms with E-state index in [1.807, 2.05) is 36.4 Å². The number of nitrogens with one attached hydrogen (secondary N) is 1. The average Bonchev–Trinajstić information content (AvgIpc) is 2.62. The molecule has 0 aliphatic carbocycles. The van der Waals surface area contributed by atoms with Gasteiger partial charge in [-0.25, -0.2) is 4.39 Å². The number of halogens is 2. The summed E-state index contributed by atoms with van der Waals surface area (Å²) in [6.45, 7) is 1.88. The number of hydrogen-bond donors (Lipinski definition) is 1. The van der Waals surface area contributed by atoms with E-state index >= 15 is 0 Å². The fraction of sp³-hybridized carbons (Fsp3) is 0.143. The van der Waals surface area contributed by atoms with Crippen molar-refractivity contribution in [1.29, 1.82) is 0 Å². The summed E-state index contributed by atoms with van der Waals surface area (Å²) < 4.78 is 18.9. The predicted molar refractivity (Wildman–Crippen MR) is 99.2 cm³/mol. The van der Waals surface area contributed by atoms with Crippen LogP contribution in [0.15, 0.2) is 72.8 Å². The lowest BCUT2D eigenvalue weighted by Gasteiger charge is -2.10. The molecule has 0 atom stereocenters. The van der Waals surface area contributed by atoms with Gasteiger partial charge in [0.2, 0.25) is 0 Å². The van der Waals surface area contributed by atoms with E-state index in [1.165, 1.54) is 17.7 Å². The number of rotatable bonds is 7. The highest BCUT2D eigenvalue weighted by molar-refractivity contribution is 6.31. The van der Waals surface area contributed by atoms with Crippen molar-refractivity contribution in [1.82, 2.24) is 5.32 Å². The van der Waals surface area contributed by atoms with E-state index in [1.54, 1.807) is 6.07 Å². The van der Waals surface area contributed by atoms with Gasteiger partial charge in [0.25, 0.3) is 0 Å². The van der Waals surface area contributed by atoms with Gasteiger partial charge in [0.1, 0.15) is 18.2 Å². The van der Waals surface area contributed by atoms with Gasteiger partial charge < -0.3 is 10.1 Å². The first-order valence-electron chi connectivity index (χ1n) is 8.11. The normalized spacial score (nSPS) is 10.6. The second-order valence-electron chi connectivity index (χ2n) is 5.76. The molecule has 0 aromatic heterocycles. The Kier molecular flexibility index (Phi) is 6.04. The summed E-state index contributed by atoms with van der Waals surface area (Å²) in [5.41, 5.74) is 3.15. The quantitative estimate of drug-likeness (QED) is 0.617. The third kappa shape index (κ3) is 5.31.